The van der Waals surface area contributed by atoms with Crippen molar-refractivity contribution < 1.29 is 4.92 Å². The molecule has 0 aromatic carbocycles. The van der Waals surface area contributed by atoms with Crippen LogP contribution in [0.15, 0.2) is 12.1 Å². The molecule has 0 aliphatic carbocycles. The predicted molar refractivity (Wildman–Crippen MR) is 82.1 cm³/mol. The van der Waals surface area contributed by atoms with Gasteiger partial charge in [-0.25, -0.2) is 0 Å². The summed E-state index contributed by atoms with van der Waals surface area (Å²) in [7, 11) is 0. The van der Waals surface area contributed by atoms with E-state index in [0.29, 0.717) is 12.5 Å². The molecule has 1 aromatic rings. The van der Waals surface area contributed by atoms with Gasteiger partial charge in [0, 0.05) is 36.0 Å². The van der Waals surface area contributed by atoms with Gasteiger partial charge in [0.15, 0.2) is 0 Å². The second-order valence-corrected chi connectivity index (χ2v) is 7.22. The molecular weight excluding hydrogens is 274 g/mol. The second kappa shape index (κ2) is 6.20. The highest BCUT2D eigenvalue weighted by Crippen LogP contribution is 2.31. The van der Waals surface area contributed by atoms with E-state index in [1.54, 1.807) is 6.07 Å². The monoisotopic (exact) mass is 297 g/mol. The van der Waals surface area contributed by atoms with Crippen molar-refractivity contribution in [3.63, 3.8) is 0 Å². The molecule has 0 spiro atoms. The number of piperidine rings is 1. The van der Waals surface area contributed by atoms with Crippen LogP contribution in [0.2, 0.25) is 0 Å². The van der Waals surface area contributed by atoms with Gasteiger partial charge in [0.25, 0.3) is 0 Å². The molecule has 1 saturated heterocycles. The lowest BCUT2D eigenvalue weighted by molar-refractivity contribution is -0.380. The van der Waals surface area contributed by atoms with Crippen LogP contribution in [0.4, 0.5) is 5.00 Å². The highest BCUT2D eigenvalue weighted by Gasteiger charge is 2.34. The molecule has 0 bridgehead atoms. The minimum atomic E-state index is -0.322. The zero-order valence-corrected chi connectivity index (χ0v) is 13.0. The van der Waals surface area contributed by atoms with Crippen LogP contribution in [0.5, 0.6) is 0 Å². The average Bonchev–Trinajstić information content (AvgIpc) is 2.87. The summed E-state index contributed by atoms with van der Waals surface area (Å²) in [5, 5.41) is 11.0. The Kier molecular flexibility index (Phi) is 4.78. The van der Waals surface area contributed by atoms with E-state index in [4.69, 9.17) is 5.73 Å². The summed E-state index contributed by atoms with van der Waals surface area (Å²) in [4.78, 5) is 14.0. The van der Waals surface area contributed by atoms with Crippen molar-refractivity contribution in [2.24, 2.45) is 11.7 Å². The standard InChI is InChI=1S/C14H23N3O2S/c1-11-4-3-7-16(9-11)14(2,10-15)8-12-5-6-13(20-12)17(18)19/h5-6,11H,3-4,7-10,15H2,1-2H3. The Labute approximate surface area is 123 Å². The molecule has 1 aliphatic heterocycles. The van der Waals surface area contributed by atoms with Crippen molar-refractivity contribution in [2.45, 2.75) is 38.6 Å². The lowest BCUT2D eigenvalue weighted by Crippen LogP contribution is -2.56. The van der Waals surface area contributed by atoms with Crippen LogP contribution in [-0.2, 0) is 6.42 Å². The van der Waals surface area contributed by atoms with Gasteiger partial charge in [-0.3, -0.25) is 15.0 Å². The topological polar surface area (TPSA) is 72.4 Å². The maximum absolute atomic E-state index is 10.8. The predicted octanol–water partition coefficient (Wildman–Crippen LogP) is 2.65. The van der Waals surface area contributed by atoms with Crippen LogP contribution in [0, 0.1) is 16.0 Å². The number of likely N-dealkylation sites (tertiary alicyclic amines) is 1. The summed E-state index contributed by atoms with van der Waals surface area (Å²) in [6.07, 6.45) is 3.28. The van der Waals surface area contributed by atoms with Crippen LogP contribution >= 0.6 is 11.3 Å². The maximum Gasteiger partial charge on any atom is 0.324 e. The largest absolute Gasteiger partial charge is 0.329 e. The smallest absolute Gasteiger partial charge is 0.324 e. The zero-order chi connectivity index (χ0) is 14.8. The van der Waals surface area contributed by atoms with Crippen LogP contribution in [0.1, 0.15) is 31.6 Å². The number of hydrogen-bond acceptors (Lipinski definition) is 5. The quantitative estimate of drug-likeness (QED) is 0.670. The van der Waals surface area contributed by atoms with Crippen molar-refractivity contribution in [3.05, 3.63) is 27.1 Å². The number of nitrogens with two attached hydrogens (primary N) is 1. The summed E-state index contributed by atoms with van der Waals surface area (Å²) in [5.41, 5.74) is 5.92. The fourth-order valence-electron chi connectivity index (χ4n) is 2.93. The minimum absolute atomic E-state index is 0.104. The van der Waals surface area contributed by atoms with Gasteiger partial charge in [0.2, 0.25) is 0 Å². The van der Waals surface area contributed by atoms with Crippen LogP contribution in [-0.4, -0.2) is 35.0 Å². The Balaban J connectivity index is 2.11. The van der Waals surface area contributed by atoms with E-state index in [1.165, 1.54) is 24.2 Å². The molecular formula is C14H23N3O2S. The lowest BCUT2D eigenvalue weighted by atomic mass is 9.89. The number of thiophene rings is 1. The molecule has 1 aliphatic rings. The van der Waals surface area contributed by atoms with Gasteiger partial charge >= 0.3 is 5.00 Å². The third-order valence-corrected chi connectivity index (χ3v) is 5.28. The Morgan fingerprint density at radius 1 is 1.60 bits per heavy atom. The second-order valence-electron chi connectivity index (χ2n) is 6.07. The summed E-state index contributed by atoms with van der Waals surface area (Å²) < 4.78 is 0. The average molecular weight is 297 g/mol. The first kappa shape index (κ1) is 15.4. The van der Waals surface area contributed by atoms with Crippen molar-refractivity contribution in [1.82, 2.24) is 4.90 Å². The molecule has 2 N–H and O–H groups in total. The molecule has 0 saturated carbocycles. The molecule has 0 radical (unpaired) electrons. The summed E-state index contributed by atoms with van der Waals surface area (Å²) in [6, 6.07) is 3.46. The van der Waals surface area contributed by atoms with Crippen LogP contribution < -0.4 is 5.73 Å². The maximum atomic E-state index is 10.8. The number of nitro groups is 1. The molecule has 2 heterocycles. The lowest BCUT2D eigenvalue weighted by Gasteiger charge is -2.44. The summed E-state index contributed by atoms with van der Waals surface area (Å²) in [5.74, 6) is 0.701. The highest BCUT2D eigenvalue weighted by molar-refractivity contribution is 7.15. The molecule has 6 heteroatoms. The molecule has 2 rings (SSSR count). The number of nitrogens with zero attached hydrogens (tertiary/aromatic N) is 2. The molecule has 112 valence electrons. The fraction of sp³-hybridized carbons (Fsp3) is 0.714. The minimum Gasteiger partial charge on any atom is -0.329 e. The summed E-state index contributed by atoms with van der Waals surface area (Å²) in [6.45, 7) is 7.17. The summed E-state index contributed by atoms with van der Waals surface area (Å²) >= 11 is 1.27. The first-order valence-corrected chi connectivity index (χ1v) is 7.94. The Bertz CT molecular complexity index is 477. The molecule has 2 atom stereocenters. The SMILES string of the molecule is CC1CCCN(C(C)(CN)Cc2ccc([N+](=O)[O-])s2)C1. The number of rotatable bonds is 5. The van der Waals surface area contributed by atoms with Crippen molar-refractivity contribution in [3.8, 4) is 0 Å². The van der Waals surface area contributed by atoms with E-state index in [9.17, 15) is 10.1 Å². The van der Waals surface area contributed by atoms with Gasteiger partial charge < -0.3 is 5.73 Å². The fourth-order valence-corrected chi connectivity index (χ4v) is 3.93. The molecule has 1 aromatic heterocycles. The number of hydrogen-bond donors (Lipinski definition) is 1. The van der Waals surface area contributed by atoms with E-state index >= 15 is 0 Å². The van der Waals surface area contributed by atoms with E-state index in [1.807, 2.05) is 6.07 Å². The van der Waals surface area contributed by atoms with Crippen molar-refractivity contribution in [2.75, 3.05) is 19.6 Å². The first-order chi connectivity index (χ1) is 9.44. The Morgan fingerprint density at radius 2 is 2.35 bits per heavy atom. The normalized spacial score (nSPS) is 23.4. The van der Waals surface area contributed by atoms with Crippen LogP contribution in [0.3, 0.4) is 0 Å². The van der Waals surface area contributed by atoms with Gasteiger partial charge in [0.1, 0.15) is 0 Å². The van der Waals surface area contributed by atoms with Gasteiger partial charge in [0.05, 0.1) is 4.92 Å². The third kappa shape index (κ3) is 3.37. The molecule has 1 fully saturated rings. The Morgan fingerprint density at radius 3 is 2.90 bits per heavy atom. The van der Waals surface area contributed by atoms with Crippen LogP contribution in [0.25, 0.3) is 0 Å². The van der Waals surface area contributed by atoms with E-state index in [0.717, 1.165) is 24.4 Å². The van der Waals surface area contributed by atoms with Gasteiger partial charge in [-0.05, 0) is 38.3 Å². The van der Waals surface area contributed by atoms with Gasteiger partial charge in [-0.15, -0.1) is 0 Å². The molecule has 0 amide bonds. The van der Waals surface area contributed by atoms with Crippen molar-refractivity contribution >= 4 is 16.3 Å². The van der Waals surface area contributed by atoms with Crippen molar-refractivity contribution in [1.29, 1.82) is 0 Å². The molecule has 20 heavy (non-hydrogen) atoms. The Hall–Kier alpha value is -0.980. The third-order valence-electron chi connectivity index (χ3n) is 4.24. The molecule has 2 unspecified atom stereocenters. The molecule has 5 nitrogen and oxygen atoms in total. The van der Waals surface area contributed by atoms with E-state index in [2.05, 4.69) is 18.7 Å². The van der Waals surface area contributed by atoms with E-state index < -0.39 is 0 Å². The van der Waals surface area contributed by atoms with Gasteiger partial charge in [-0.1, -0.05) is 18.3 Å². The first-order valence-electron chi connectivity index (χ1n) is 7.13. The zero-order valence-electron chi connectivity index (χ0n) is 12.2. The van der Waals surface area contributed by atoms with E-state index in [-0.39, 0.29) is 15.5 Å². The highest BCUT2D eigenvalue weighted by atomic mass is 32.1. The van der Waals surface area contributed by atoms with Gasteiger partial charge in [-0.2, -0.15) is 0 Å².